The normalized spacial score (nSPS) is 12.5. The molecule has 0 unspecified atom stereocenters. The minimum atomic E-state index is -0.356. The average molecular weight is 352 g/mol. The molecule has 0 radical (unpaired) electrons. The van der Waals surface area contributed by atoms with Crippen molar-refractivity contribution in [2.45, 2.75) is 26.9 Å². The lowest BCUT2D eigenvalue weighted by Gasteiger charge is -2.17. The summed E-state index contributed by atoms with van der Waals surface area (Å²) in [4.78, 5) is 18.9. The van der Waals surface area contributed by atoms with Crippen LogP contribution in [-0.2, 0) is 4.74 Å². The van der Waals surface area contributed by atoms with Crippen LogP contribution < -0.4 is 0 Å². The maximum Gasteiger partial charge on any atom is 0.338 e. The van der Waals surface area contributed by atoms with E-state index in [0.717, 1.165) is 22.2 Å². The number of hydrogen-bond donors (Lipinski definition) is 0. The Morgan fingerprint density at radius 2 is 1.85 bits per heavy atom. The second-order valence-electron chi connectivity index (χ2n) is 7.06. The van der Waals surface area contributed by atoms with Gasteiger partial charge in [0.05, 0.1) is 5.56 Å². The van der Waals surface area contributed by atoms with Gasteiger partial charge in [-0.2, -0.15) is 0 Å². The number of fused-ring (bicyclic) bond motifs is 1. The Morgan fingerprint density at radius 3 is 2.50 bits per heavy atom. The van der Waals surface area contributed by atoms with E-state index < -0.39 is 0 Å². The second-order valence-corrected chi connectivity index (χ2v) is 7.06. The van der Waals surface area contributed by atoms with Crippen molar-refractivity contribution in [2.24, 2.45) is 0 Å². The number of likely N-dealkylation sites (N-methyl/N-ethyl adjacent to an activating group) is 1. The van der Waals surface area contributed by atoms with Crippen molar-refractivity contribution in [3.8, 4) is 11.5 Å². The van der Waals surface area contributed by atoms with Gasteiger partial charge in [0.2, 0.25) is 5.89 Å². The van der Waals surface area contributed by atoms with Gasteiger partial charge in [0, 0.05) is 12.1 Å². The van der Waals surface area contributed by atoms with Crippen molar-refractivity contribution in [1.82, 2.24) is 9.88 Å². The Labute approximate surface area is 153 Å². The van der Waals surface area contributed by atoms with Crippen LogP contribution in [-0.4, -0.2) is 42.6 Å². The Balaban J connectivity index is 1.86. The number of carbonyl (C=O) groups excluding carboxylic acids is 1. The molecule has 0 aliphatic carbocycles. The molecule has 0 spiro atoms. The molecular formula is C21H24N2O3. The number of ether oxygens (including phenoxy) is 1. The fraction of sp³-hybridized carbons (Fsp3) is 0.333. The van der Waals surface area contributed by atoms with E-state index >= 15 is 0 Å². The molecular weight excluding hydrogens is 328 g/mol. The highest BCUT2D eigenvalue weighted by Crippen LogP contribution is 2.26. The van der Waals surface area contributed by atoms with Gasteiger partial charge in [-0.05, 0) is 65.2 Å². The topological polar surface area (TPSA) is 55.6 Å². The predicted octanol–water partition coefficient (Wildman–Crippen LogP) is 4.22. The predicted molar refractivity (Wildman–Crippen MR) is 102 cm³/mol. The molecule has 5 heteroatoms. The highest BCUT2D eigenvalue weighted by atomic mass is 16.5. The lowest BCUT2D eigenvalue weighted by Crippen LogP contribution is -2.28. The molecule has 1 atom stereocenters. The molecule has 0 aliphatic heterocycles. The van der Waals surface area contributed by atoms with Crippen molar-refractivity contribution in [3.63, 3.8) is 0 Å². The van der Waals surface area contributed by atoms with E-state index in [1.165, 1.54) is 0 Å². The zero-order valence-electron chi connectivity index (χ0n) is 15.9. The molecule has 0 aliphatic rings. The number of esters is 1. The van der Waals surface area contributed by atoms with E-state index in [-0.39, 0.29) is 12.1 Å². The molecule has 3 aromatic rings. The lowest BCUT2D eigenvalue weighted by atomic mass is 10.1. The summed E-state index contributed by atoms with van der Waals surface area (Å²) in [6.07, 6.45) is -0.186. The van der Waals surface area contributed by atoms with E-state index in [2.05, 4.69) is 11.1 Å². The fourth-order valence-electron chi connectivity index (χ4n) is 3.08. The van der Waals surface area contributed by atoms with Crippen LogP contribution in [0.25, 0.3) is 22.6 Å². The number of nitrogens with zero attached hydrogens (tertiary/aromatic N) is 2. The van der Waals surface area contributed by atoms with Crippen LogP contribution in [0, 0.1) is 13.8 Å². The number of aryl methyl sites for hydroxylation is 2. The summed E-state index contributed by atoms with van der Waals surface area (Å²) < 4.78 is 11.4. The van der Waals surface area contributed by atoms with Gasteiger partial charge in [-0.1, -0.05) is 17.2 Å². The molecule has 2 aromatic carbocycles. The van der Waals surface area contributed by atoms with Gasteiger partial charge in [0.25, 0.3) is 0 Å². The second kappa shape index (κ2) is 7.30. The fourth-order valence-corrected chi connectivity index (χ4v) is 3.08. The Morgan fingerprint density at radius 1 is 1.15 bits per heavy atom. The molecule has 5 nitrogen and oxygen atoms in total. The molecule has 0 bridgehead atoms. The molecule has 26 heavy (non-hydrogen) atoms. The standard InChI is InChI=1S/C21H24N2O3/c1-13-8-14(2)10-17(9-13)20-22-18-7-6-16(11-19(18)26-20)21(24)25-15(3)12-23(4)5/h6-11,15H,12H2,1-5H3/t15-/m0/s1. The summed E-state index contributed by atoms with van der Waals surface area (Å²) in [5.41, 5.74) is 5.00. The largest absolute Gasteiger partial charge is 0.458 e. The Hall–Kier alpha value is -2.66. The maximum atomic E-state index is 12.3. The minimum absolute atomic E-state index is 0.186. The van der Waals surface area contributed by atoms with Gasteiger partial charge in [-0.25, -0.2) is 9.78 Å². The molecule has 0 N–H and O–H groups in total. The number of benzene rings is 2. The van der Waals surface area contributed by atoms with Gasteiger partial charge in [0.1, 0.15) is 11.6 Å². The van der Waals surface area contributed by atoms with Gasteiger partial charge in [-0.15, -0.1) is 0 Å². The molecule has 136 valence electrons. The molecule has 0 saturated heterocycles. The number of hydrogen-bond acceptors (Lipinski definition) is 5. The summed E-state index contributed by atoms with van der Waals surface area (Å²) in [5, 5.41) is 0. The molecule has 0 fully saturated rings. The van der Waals surface area contributed by atoms with E-state index in [1.807, 2.05) is 51.9 Å². The van der Waals surface area contributed by atoms with Gasteiger partial charge in [-0.3, -0.25) is 0 Å². The number of rotatable bonds is 5. The van der Waals surface area contributed by atoms with Gasteiger partial charge < -0.3 is 14.1 Å². The zero-order chi connectivity index (χ0) is 18.8. The van der Waals surface area contributed by atoms with Crippen LogP contribution >= 0.6 is 0 Å². The van der Waals surface area contributed by atoms with Crippen LogP contribution in [0.2, 0.25) is 0 Å². The third kappa shape index (κ3) is 4.11. The summed E-state index contributed by atoms with van der Waals surface area (Å²) in [6, 6.07) is 11.4. The number of carbonyl (C=O) groups is 1. The van der Waals surface area contributed by atoms with Crippen molar-refractivity contribution in [1.29, 1.82) is 0 Å². The van der Waals surface area contributed by atoms with Crippen LogP contribution in [0.15, 0.2) is 40.8 Å². The summed E-state index contributed by atoms with van der Waals surface area (Å²) in [5.74, 6) is 0.198. The quantitative estimate of drug-likeness (QED) is 0.644. The first kappa shape index (κ1) is 18.1. The van der Waals surface area contributed by atoms with Gasteiger partial charge in [0.15, 0.2) is 5.58 Å². The van der Waals surface area contributed by atoms with Crippen LogP contribution in [0.4, 0.5) is 0 Å². The van der Waals surface area contributed by atoms with Gasteiger partial charge >= 0.3 is 5.97 Å². The third-order valence-corrected chi connectivity index (χ3v) is 4.02. The maximum absolute atomic E-state index is 12.3. The highest BCUT2D eigenvalue weighted by molar-refractivity contribution is 5.93. The molecule has 1 heterocycles. The Kier molecular flexibility index (Phi) is 5.09. The van der Waals surface area contributed by atoms with Crippen molar-refractivity contribution < 1.29 is 13.9 Å². The van der Waals surface area contributed by atoms with Crippen molar-refractivity contribution >= 4 is 17.1 Å². The van der Waals surface area contributed by atoms with Crippen molar-refractivity contribution in [3.05, 3.63) is 53.1 Å². The smallest absolute Gasteiger partial charge is 0.338 e. The van der Waals surface area contributed by atoms with E-state index in [1.54, 1.807) is 18.2 Å². The summed E-state index contributed by atoms with van der Waals surface area (Å²) in [7, 11) is 3.89. The first-order chi connectivity index (χ1) is 12.3. The van der Waals surface area contributed by atoms with E-state index in [0.29, 0.717) is 23.6 Å². The van der Waals surface area contributed by atoms with Crippen LogP contribution in [0.3, 0.4) is 0 Å². The Bertz CT molecular complexity index is 923. The molecule has 3 rings (SSSR count). The monoisotopic (exact) mass is 352 g/mol. The van der Waals surface area contributed by atoms with E-state index in [4.69, 9.17) is 9.15 Å². The molecule has 0 amide bonds. The summed E-state index contributed by atoms with van der Waals surface area (Å²) >= 11 is 0. The van der Waals surface area contributed by atoms with Crippen molar-refractivity contribution in [2.75, 3.05) is 20.6 Å². The number of aromatic nitrogens is 1. The average Bonchev–Trinajstić information content (AvgIpc) is 2.96. The zero-order valence-corrected chi connectivity index (χ0v) is 15.9. The first-order valence-electron chi connectivity index (χ1n) is 8.67. The third-order valence-electron chi connectivity index (χ3n) is 4.02. The van der Waals surface area contributed by atoms with Crippen LogP contribution in [0.5, 0.6) is 0 Å². The minimum Gasteiger partial charge on any atom is -0.458 e. The lowest BCUT2D eigenvalue weighted by molar-refractivity contribution is 0.0289. The highest BCUT2D eigenvalue weighted by Gasteiger charge is 2.16. The molecule has 0 saturated carbocycles. The first-order valence-corrected chi connectivity index (χ1v) is 8.67. The number of oxazole rings is 1. The summed E-state index contributed by atoms with van der Waals surface area (Å²) in [6.45, 7) is 6.64. The van der Waals surface area contributed by atoms with Crippen LogP contribution in [0.1, 0.15) is 28.4 Å². The SMILES string of the molecule is Cc1cc(C)cc(-c2nc3ccc(C(=O)O[C@@H](C)CN(C)C)cc3o2)c1. The molecule has 1 aromatic heterocycles. The van der Waals surface area contributed by atoms with E-state index in [9.17, 15) is 4.79 Å².